The summed E-state index contributed by atoms with van der Waals surface area (Å²) in [5.74, 6) is 6.78. The van der Waals surface area contributed by atoms with Gasteiger partial charge in [-0.05, 0) is 24.1 Å². The molecule has 0 aromatic heterocycles. The van der Waals surface area contributed by atoms with Gasteiger partial charge in [-0.15, -0.1) is 0 Å². The van der Waals surface area contributed by atoms with E-state index in [4.69, 9.17) is 15.2 Å². The predicted molar refractivity (Wildman–Crippen MR) is 84.2 cm³/mol. The Kier molecular flexibility index (Phi) is 6.06. The van der Waals surface area contributed by atoms with Crippen LogP contribution in [-0.4, -0.2) is 44.4 Å². The maximum absolute atomic E-state index is 5.56. The second kappa shape index (κ2) is 8.04. The van der Waals surface area contributed by atoms with Crippen LogP contribution in [0.3, 0.4) is 0 Å². The topological polar surface area (TPSA) is 47.7 Å². The van der Waals surface area contributed by atoms with Crippen molar-refractivity contribution in [3.8, 4) is 17.6 Å². The highest BCUT2D eigenvalue weighted by atomic mass is 16.5. The van der Waals surface area contributed by atoms with Crippen LogP contribution in [0.4, 0.5) is 0 Å². The van der Waals surface area contributed by atoms with Crippen molar-refractivity contribution >= 4 is 0 Å². The van der Waals surface area contributed by atoms with Gasteiger partial charge in [0.15, 0.2) is 0 Å². The van der Waals surface area contributed by atoms with E-state index in [2.05, 4.69) is 35.8 Å². The lowest BCUT2D eigenvalue weighted by molar-refractivity contribution is -0.0127. The number of morpholine rings is 1. The molecule has 1 aromatic carbocycles. The van der Waals surface area contributed by atoms with E-state index in [9.17, 15) is 0 Å². The molecule has 1 aliphatic rings. The number of hydrogen-bond acceptors (Lipinski definition) is 4. The molecule has 1 heterocycles. The van der Waals surface area contributed by atoms with E-state index in [-0.39, 0.29) is 0 Å². The molecular formula is C17H24N2O2. The first-order valence-corrected chi connectivity index (χ1v) is 7.46. The fraction of sp³-hybridized carbons (Fsp3) is 0.529. The highest BCUT2D eigenvalue weighted by Gasteiger charge is 2.21. The van der Waals surface area contributed by atoms with E-state index < -0.39 is 0 Å². The number of hydrogen-bond donors (Lipinski definition) is 1. The fourth-order valence-corrected chi connectivity index (χ4v) is 2.61. The fourth-order valence-electron chi connectivity index (χ4n) is 2.61. The van der Waals surface area contributed by atoms with Gasteiger partial charge >= 0.3 is 0 Å². The second-order valence-corrected chi connectivity index (χ2v) is 5.15. The maximum atomic E-state index is 5.56. The van der Waals surface area contributed by atoms with Gasteiger partial charge in [0.1, 0.15) is 5.75 Å². The molecule has 0 radical (unpaired) electrons. The first-order valence-electron chi connectivity index (χ1n) is 7.46. The highest BCUT2D eigenvalue weighted by molar-refractivity contribution is 5.48. The van der Waals surface area contributed by atoms with Crippen LogP contribution in [-0.2, 0) is 11.3 Å². The van der Waals surface area contributed by atoms with Crippen molar-refractivity contribution in [3.05, 3.63) is 29.3 Å². The van der Waals surface area contributed by atoms with Crippen LogP contribution in [0.25, 0.3) is 0 Å². The number of nitrogens with two attached hydrogens (primary N) is 1. The summed E-state index contributed by atoms with van der Waals surface area (Å²) in [7, 11) is 1.66. The molecular weight excluding hydrogens is 264 g/mol. The van der Waals surface area contributed by atoms with Crippen LogP contribution < -0.4 is 10.5 Å². The number of methoxy groups -OCH3 is 1. The Morgan fingerprint density at radius 2 is 2.33 bits per heavy atom. The van der Waals surface area contributed by atoms with Gasteiger partial charge in [0.25, 0.3) is 0 Å². The van der Waals surface area contributed by atoms with Crippen molar-refractivity contribution in [2.24, 2.45) is 5.73 Å². The predicted octanol–water partition coefficient (Wildman–Crippen LogP) is 1.62. The quantitative estimate of drug-likeness (QED) is 0.855. The molecule has 1 unspecified atom stereocenters. The van der Waals surface area contributed by atoms with Gasteiger partial charge in [-0.25, -0.2) is 0 Å². The molecule has 21 heavy (non-hydrogen) atoms. The molecule has 1 saturated heterocycles. The summed E-state index contributed by atoms with van der Waals surface area (Å²) in [6.07, 6.45) is 1.11. The van der Waals surface area contributed by atoms with E-state index in [0.717, 1.165) is 44.0 Å². The van der Waals surface area contributed by atoms with Crippen molar-refractivity contribution < 1.29 is 9.47 Å². The first-order chi connectivity index (χ1) is 10.3. The van der Waals surface area contributed by atoms with E-state index in [1.807, 2.05) is 6.07 Å². The van der Waals surface area contributed by atoms with Crippen molar-refractivity contribution in [1.82, 2.24) is 4.90 Å². The molecule has 1 aromatic rings. The molecule has 0 bridgehead atoms. The van der Waals surface area contributed by atoms with E-state index in [0.29, 0.717) is 12.6 Å². The zero-order valence-electron chi connectivity index (χ0n) is 12.9. The van der Waals surface area contributed by atoms with E-state index in [1.54, 1.807) is 7.11 Å². The molecule has 0 aliphatic carbocycles. The van der Waals surface area contributed by atoms with Gasteiger partial charge in [-0.1, -0.05) is 24.8 Å². The Hall–Kier alpha value is -1.54. The van der Waals surface area contributed by atoms with Crippen LogP contribution in [0.15, 0.2) is 18.2 Å². The average Bonchev–Trinajstić information content (AvgIpc) is 2.53. The molecule has 4 heteroatoms. The van der Waals surface area contributed by atoms with Crippen LogP contribution in [0, 0.1) is 11.8 Å². The van der Waals surface area contributed by atoms with Gasteiger partial charge in [-0.3, -0.25) is 4.90 Å². The lowest BCUT2D eigenvalue weighted by atomic mass is 10.1. The largest absolute Gasteiger partial charge is 0.495 e. The molecule has 1 atom stereocenters. The lowest BCUT2D eigenvalue weighted by Crippen LogP contribution is -2.44. The first kappa shape index (κ1) is 15.8. The standard InChI is InChI=1S/C17H24N2O2/c1-3-16-13-21-10-9-19(16)12-14-6-7-17(20-2)15(11-14)5-4-8-18/h6-7,11,16H,3,8-10,12-13,18H2,1-2H3. The number of benzene rings is 1. The Bertz CT molecular complexity index is 519. The van der Waals surface area contributed by atoms with Gasteiger partial charge in [0.05, 0.1) is 32.4 Å². The third-order valence-electron chi connectivity index (χ3n) is 3.80. The molecule has 1 fully saturated rings. The number of ether oxygens (including phenoxy) is 2. The van der Waals surface area contributed by atoms with Gasteiger partial charge in [-0.2, -0.15) is 0 Å². The van der Waals surface area contributed by atoms with Gasteiger partial charge < -0.3 is 15.2 Å². The molecule has 0 amide bonds. The molecule has 2 N–H and O–H groups in total. The minimum absolute atomic E-state index is 0.356. The molecule has 2 rings (SSSR count). The molecule has 4 nitrogen and oxygen atoms in total. The Morgan fingerprint density at radius 1 is 1.48 bits per heavy atom. The Balaban J connectivity index is 2.16. The van der Waals surface area contributed by atoms with Crippen molar-refractivity contribution in [2.45, 2.75) is 25.9 Å². The zero-order valence-corrected chi connectivity index (χ0v) is 12.9. The molecule has 1 aliphatic heterocycles. The number of nitrogens with zero attached hydrogens (tertiary/aromatic N) is 1. The van der Waals surface area contributed by atoms with Crippen LogP contribution in [0.5, 0.6) is 5.75 Å². The van der Waals surface area contributed by atoms with Crippen molar-refractivity contribution in [1.29, 1.82) is 0 Å². The van der Waals surface area contributed by atoms with Gasteiger partial charge in [0, 0.05) is 19.1 Å². The van der Waals surface area contributed by atoms with E-state index >= 15 is 0 Å². The minimum Gasteiger partial charge on any atom is -0.495 e. The van der Waals surface area contributed by atoms with E-state index in [1.165, 1.54) is 5.56 Å². The Labute approximate surface area is 127 Å². The third-order valence-corrected chi connectivity index (χ3v) is 3.80. The van der Waals surface area contributed by atoms with Crippen molar-refractivity contribution in [2.75, 3.05) is 33.4 Å². The lowest BCUT2D eigenvalue weighted by Gasteiger charge is -2.35. The van der Waals surface area contributed by atoms with Crippen LogP contribution in [0.2, 0.25) is 0 Å². The normalized spacial score (nSPS) is 18.9. The monoisotopic (exact) mass is 288 g/mol. The maximum Gasteiger partial charge on any atom is 0.134 e. The van der Waals surface area contributed by atoms with Crippen LogP contribution in [0.1, 0.15) is 24.5 Å². The minimum atomic E-state index is 0.356. The summed E-state index contributed by atoms with van der Waals surface area (Å²) < 4.78 is 10.9. The number of rotatable bonds is 4. The second-order valence-electron chi connectivity index (χ2n) is 5.15. The summed E-state index contributed by atoms with van der Waals surface area (Å²) in [4.78, 5) is 2.48. The molecule has 114 valence electrons. The van der Waals surface area contributed by atoms with Crippen molar-refractivity contribution in [3.63, 3.8) is 0 Å². The smallest absolute Gasteiger partial charge is 0.134 e. The zero-order chi connectivity index (χ0) is 15.1. The highest BCUT2D eigenvalue weighted by Crippen LogP contribution is 2.21. The summed E-state index contributed by atoms with van der Waals surface area (Å²) >= 11 is 0. The SMILES string of the molecule is CCC1COCCN1Cc1ccc(OC)c(C#CCN)c1. The molecule has 0 saturated carbocycles. The Morgan fingerprint density at radius 3 is 3.05 bits per heavy atom. The molecule has 0 spiro atoms. The summed E-state index contributed by atoms with van der Waals surface area (Å²) in [5.41, 5.74) is 7.61. The van der Waals surface area contributed by atoms with Crippen LogP contribution >= 0.6 is 0 Å². The third kappa shape index (κ3) is 4.21. The summed E-state index contributed by atoms with van der Waals surface area (Å²) in [5, 5.41) is 0. The summed E-state index contributed by atoms with van der Waals surface area (Å²) in [6, 6.07) is 6.69. The average molecular weight is 288 g/mol. The van der Waals surface area contributed by atoms with Gasteiger partial charge in [0.2, 0.25) is 0 Å². The summed E-state index contributed by atoms with van der Waals surface area (Å²) in [6.45, 7) is 6.10.